The van der Waals surface area contributed by atoms with Crippen molar-refractivity contribution in [1.82, 2.24) is 29.9 Å². The monoisotopic (exact) mass is 830 g/mol. The van der Waals surface area contributed by atoms with E-state index in [0.29, 0.717) is 61.1 Å². The summed E-state index contributed by atoms with van der Waals surface area (Å²) in [6.45, 7) is 10.6. The first-order chi connectivity index (χ1) is 30.2. The van der Waals surface area contributed by atoms with Gasteiger partial charge in [-0.2, -0.15) is 29.9 Å². The van der Waals surface area contributed by atoms with Crippen LogP contribution in [0.25, 0.3) is 11.1 Å². The number of anilines is 8. The van der Waals surface area contributed by atoms with Crippen LogP contribution in [0.4, 0.5) is 47.1 Å². The summed E-state index contributed by atoms with van der Waals surface area (Å²) >= 11 is 0. The van der Waals surface area contributed by atoms with Gasteiger partial charge in [0.2, 0.25) is 35.7 Å². The number of nitrogens with one attached hydrogen (secondary N) is 6. The second-order valence-corrected chi connectivity index (χ2v) is 14.8. The minimum Gasteiger partial charge on any atom is -0.354 e. The summed E-state index contributed by atoms with van der Waals surface area (Å²) in [5.41, 5.74) is 2.34. The summed E-state index contributed by atoms with van der Waals surface area (Å²) in [7, 11) is 0. The van der Waals surface area contributed by atoms with E-state index < -0.39 is 23.1 Å². The van der Waals surface area contributed by atoms with Crippen LogP contribution in [-0.4, -0.2) is 79.2 Å². The van der Waals surface area contributed by atoms with Gasteiger partial charge in [0.15, 0.2) is 23.1 Å². The molecule has 2 aromatic heterocycles. The average molecular weight is 831 g/mol. The Morgan fingerprint density at radius 3 is 0.903 bits per heavy atom. The zero-order valence-corrected chi connectivity index (χ0v) is 34.9. The molecule has 0 amide bonds. The molecule has 0 unspecified atom stereocenters. The first-order valence-corrected chi connectivity index (χ1v) is 21.0. The van der Waals surface area contributed by atoms with Crippen LogP contribution in [0, 0.1) is 0 Å². The number of hydrogen-bond acceptors (Lipinski definition) is 16. The van der Waals surface area contributed by atoms with E-state index in [0.717, 1.165) is 25.7 Å². The molecule has 2 heterocycles. The third-order valence-electron chi connectivity index (χ3n) is 10.3. The SMILES string of the molecule is CCCNc1nc(NCCC)nc(Nc2ccc(-c3ccc(Nc4nc(NCCC)nc(NCCC)n4)c4c3C(=O)c3ccccc3C4=O)c3c2C(=O)c2ccccc2C3=O)n1. The summed E-state index contributed by atoms with van der Waals surface area (Å²) in [4.78, 5) is 86.2. The number of nitrogens with zero attached hydrogens (tertiary/aromatic N) is 6. The van der Waals surface area contributed by atoms with Crippen molar-refractivity contribution in [3.8, 4) is 11.1 Å². The number of benzene rings is 4. The first kappa shape index (κ1) is 41.1. The highest BCUT2D eigenvalue weighted by molar-refractivity contribution is 6.35. The normalized spacial score (nSPS) is 12.5. The van der Waals surface area contributed by atoms with Crippen LogP contribution in [-0.2, 0) is 0 Å². The molecule has 2 aliphatic rings. The first-order valence-electron chi connectivity index (χ1n) is 21.0. The predicted octanol–water partition coefficient (Wildman–Crippen LogP) is 8.05. The summed E-state index contributed by atoms with van der Waals surface area (Å²) < 4.78 is 0. The minimum atomic E-state index is -0.421. The maximum absolute atomic E-state index is 14.8. The van der Waals surface area contributed by atoms with E-state index in [2.05, 4.69) is 61.8 Å². The lowest BCUT2D eigenvalue weighted by Gasteiger charge is -2.26. The van der Waals surface area contributed by atoms with E-state index in [4.69, 9.17) is 0 Å². The van der Waals surface area contributed by atoms with E-state index in [9.17, 15) is 19.2 Å². The molecule has 16 heteroatoms. The van der Waals surface area contributed by atoms with Gasteiger partial charge < -0.3 is 31.9 Å². The summed E-state index contributed by atoms with van der Waals surface area (Å²) in [6.07, 6.45) is 3.35. The lowest BCUT2D eigenvalue weighted by molar-refractivity contribution is 0.0978. The van der Waals surface area contributed by atoms with Crippen LogP contribution in [0.3, 0.4) is 0 Å². The molecule has 8 rings (SSSR count). The van der Waals surface area contributed by atoms with E-state index >= 15 is 0 Å². The van der Waals surface area contributed by atoms with Gasteiger partial charge in [-0.1, -0.05) is 88.4 Å². The van der Waals surface area contributed by atoms with Crippen molar-refractivity contribution in [3.05, 3.63) is 117 Å². The van der Waals surface area contributed by atoms with Gasteiger partial charge in [-0.3, -0.25) is 19.2 Å². The Morgan fingerprint density at radius 1 is 0.339 bits per heavy atom. The van der Waals surface area contributed by atoms with Gasteiger partial charge >= 0.3 is 0 Å². The van der Waals surface area contributed by atoms with Crippen molar-refractivity contribution < 1.29 is 19.2 Å². The number of carbonyl (C=O) groups is 4. The molecule has 0 atom stereocenters. The number of rotatable bonds is 17. The summed E-state index contributed by atoms with van der Waals surface area (Å²) in [6, 6.07) is 20.0. The molecule has 0 saturated carbocycles. The molecule has 6 aromatic rings. The molecule has 0 aliphatic heterocycles. The fourth-order valence-electron chi connectivity index (χ4n) is 7.47. The minimum absolute atomic E-state index is 0.0687. The highest BCUT2D eigenvalue weighted by Gasteiger charge is 2.38. The van der Waals surface area contributed by atoms with Crippen molar-refractivity contribution in [3.63, 3.8) is 0 Å². The average Bonchev–Trinajstić information content (AvgIpc) is 3.29. The van der Waals surface area contributed by atoms with Crippen LogP contribution in [0.2, 0.25) is 0 Å². The number of ketones is 4. The fourth-order valence-corrected chi connectivity index (χ4v) is 7.47. The Hall–Kier alpha value is -7.62. The van der Waals surface area contributed by atoms with Gasteiger partial charge in [0, 0.05) is 59.6 Å². The van der Waals surface area contributed by atoms with Crippen LogP contribution in [0.15, 0.2) is 72.8 Å². The molecular formula is C46H46N12O4. The molecule has 314 valence electrons. The molecule has 4 aromatic carbocycles. The van der Waals surface area contributed by atoms with Gasteiger partial charge in [0.1, 0.15) is 0 Å². The number of aromatic nitrogens is 6. The number of carbonyl (C=O) groups excluding carboxylic acids is 4. The topological polar surface area (TPSA) is 218 Å². The Morgan fingerprint density at radius 2 is 0.613 bits per heavy atom. The molecule has 0 saturated heterocycles. The van der Waals surface area contributed by atoms with Gasteiger partial charge in [0.25, 0.3) is 0 Å². The van der Waals surface area contributed by atoms with E-state index in [1.807, 2.05) is 27.7 Å². The Bertz CT molecular complexity index is 2520. The highest BCUT2D eigenvalue weighted by atomic mass is 16.1. The Balaban J connectivity index is 1.31. The van der Waals surface area contributed by atoms with Crippen molar-refractivity contribution in [2.24, 2.45) is 0 Å². The van der Waals surface area contributed by atoms with E-state index in [-0.39, 0.29) is 67.8 Å². The van der Waals surface area contributed by atoms with Gasteiger partial charge in [-0.15, -0.1) is 0 Å². The van der Waals surface area contributed by atoms with Gasteiger partial charge in [0.05, 0.1) is 22.5 Å². The predicted molar refractivity (Wildman–Crippen MR) is 240 cm³/mol. The third-order valence-corrected chi connectivity index (χ3v) is 10.3. The molecule has 0 bridgehead atoms. The lowest BCUT2D eigenvalue weighted by atomic mass is 9.75. The largest absolute Gasteiger partial charge is 0.354 e. The highest BCUT2D eigenvalue weighted by Crippen LogP contribution is 2.44. The number of hydrogen-bond donors (Lipinski definition) is 6. The Kier molecular flexibility index (Phi) is 11.9. The second-order valence-electron chi connectivity index (χ2n) is 14.8. The molecule has 0 radical (unpaired) electrons. The molecule has 2 aliphatic carbocycles. The summed E-state index contributed by atoms with van der Waals surface area (Å²) in [5.74, 6) is -0.00671. The maximum atomic E-state index is 14.8. The zero-order valence-electron chi connectivity index (χ0n) is 34.9. The second kappa shape index (κ2) is 17.9. The quantitative estimate of drug-likeness (QED) is 0.0511. The van der Waals surface area contributed by atoms with Crippen molar-refractivity contribution >= 4 is 70.2 Å². The van der Waals surface area contributed by atoms with Crippen molar-refractivity contribution in [2.75, 3.05) is 58.1 Å². The molecular weight excluding hydrogens is 785 g/mol. The molecule has 6 N–H and O–H groups in total. The maximum Gasteiger partial charge on any atom is 0.233 e. The Labute approximate surface area is 358 Å². The lowest BCUT2D eigenvalue weighted by Crippen LogP contribution is -2.25. The van der Waals surface area contributed by atoms with Crippen LogP contribution in [0.1, 0.15) is 117 Å². The van der Waals surface area contributed by atoms with Gasteiger partial charge in [-0.25, -0.2) is 0 Å². The van der Waals surface area contributed by atoms with Crippen LogP contribution in [0.5, 0.6) is 0 Å². The molecule has 62 heavy (non-hydrogen) atoms. The zero-order chi connectivity index (χ0) is 43.3. The van der Waals surface area contributed by atoms with Crippen molar-refractivity contribution in [1.29, 1.82) is 0 Å². The molecule has 0 fully saturated rings. The van der Waals surface area contributed by atoms with Gasteiger partial charge in [-0.05, 0) is 48.9 Å². The van der Waals surface area contributed by atoms with E-state index in [1.165, 1.54) is 0 Å². The van der Waals surface area contributed by atoms with Crippen molar-refractivity contribution in [2.45, 2.75) is 53.4 Å². The number of fused-ring (bicyclic) bond motifs is 4. The van der Waals surface area contributed by atoms with Crippen LogP contribution >= 0.6 is 0 Å². The standard InChI is InChI=1S/C46H46N12O4/c1-5-21-47-41-53-42(48-22-6-2)56-45(55-41)51-31-19-17-25(33-35(31)39(61)29-15-11-9-13-27(29)37(33)59)26-18-20-32(36-34(26)38(60)28-14-10-12-16-30(28)40(36)62)52-46-57-43(49-23-7-3)54-44(58-46)50-24-8-4/h9-20H,5-8,21-24H2,1-4H3,(H3,47,48,51,53,55,56)(H3,49,50,52,54,57,58). The third kappa shape index (κ3) is 7.89. The fraction of sp³-hybridized carbons (Fsp3) is 0.261. The van der Waals surface area contributed by atoms with E-state index in [1.54, 1.807) is 72.8 Å². The molecule has 0 spiro atoms. The van der Waals surface area contributed by atoms with Crippen LogP contribution < -0.4 is 31.9 Å². The smallest absolute Gasteiger partial charge is 0.233 e. The summed E-state index contributed by atoms with van der Waals surface area (Å²) in [5, 5.41) is 19.2. The molecule has 16 nitrogen and oxygen atoms in total.